The molecule has 1 fully saturated rings. The topological polar surface area (TPSA) is 42.0 Å². The second-order valence-corrected chi connectivity index (χ2v) is 8.30. The van der Waals surface area contributed by atoms with Crippen LogP contribution in [-0.4, -0.2) is 57.3 Å². The van der Waals surface area contributed by atoms with Gasteiger partial charge in [-0.15, -0.1) is 0 Å². The van der Waals surface area contributed by atoms with E-state index in [0.29, 0.717) is 12.2 Å². The van der Waals surface area contributed by atoms with E-state index in [4.69, 9.17) is 9.47 Å². The van der Waals surface area contributed by atoms with Gasteiger partial charge in [0.05, 0.1) is 18.4 Å². The van der Waals surface area contributed by atoms with Gasteiger partial charge in [0.2, 0.25) is 0 Å². The molecule has 0 amide bonds. The molecule has 1 aliphatic carbocycles. The highest BCUT2D eigenvalue weighted by Crippen LogP contribution is 2.38. The first-order valence-corrected chi connectivity index (χ1v) is 11.2. The third-order valence-corrected chi connectivity index (χ3v) is 6.51. The number of ether oxygens (including phenoxy) is 2. The third-order valence-electron chi connectivity index (χ3n) is 6.51. The fourth-order valence-electron chi connectivity index (χ4n) is 4.80. The molecule has 0 N–H and O–H groups in total. The van der Waals surface area contributed by atoms with Gasteiger partial charge >= 0.3 is 5.97 Å². The molecule has 5 rings (SSSR count). The van der Waals surface area contributed by atoms with E-state index in [9.17, 15) is 4.79 Å². The normalized spacial score (nSPS) is 15.2. The molecule has 0 atom stereocenters. The molecule has 5 heteroatoms. The van der Waals surface area contributed by atoms with Crippen LogP contribution in [0.15, 0.2) is 66.7 Å². The molecule has 1 heterocycles. The number of fused-ring (bicyclic) bond motifs is 3. The lowest BCUT2D eigenvalue weighted by Crippen LogP contribution is -2.47. The molecule has 1 aliphatic heterocycles. The Morgan fingerprint density at radius 2 is 1.62 bits per heavy atom. The second kappa shape index (κ2) is 9.05. The number of methoxy groups -OCH3 is 1. The average Bonchev–Trinajstić information content (AvgIpc) is 3.23. The van der Waals surface area contributed by atoms with Crippen LogP contribution in [0.1, 0.15) is 21.5 Å². The largest absolute Gasteiger partial charge is 0.495 e. The fraction of sp³-hybridized carbons (Fsp3) is 0.296. The molecule has 0 spiro atoms. The minimum absolute atomic E-state index is 0.220. The summed E-state index contributed by atoms with van der Waals surface area (Å²) in [6.07, 6.45) is 0.793. The van der Waals surface area contributed by atoms with Crippen LogP contribution < -0.4 is 9.64 Å². The van der Waals surface area contributed by atoms with Gasteiger partial charge in [0, 0.05) is 32.7 Å². The molecule has 0 saturated carbocycles. The summed E-state index contributed by atoms with van der Waals surface area (Å²) in [5.41, 5.74) is 6.58. The van der Waals surface area contributed by atoms with Crippen molar-refractivity contribution in [2.45, 2.75) is 6.42 Å². The molecule has 1 saturated heterocycles. The number of carbonyl (C=O) groups is 1. The maximum absolute atomic E-state index is 12.8. The molecule has 164 valence electrons. The molecule has 0 radical (unpaired) electrons. The molecule has 0 aromatic heterocycles. The van der Waals surface area contributed by atoms with E-state index in [1.54, 1.807) is 7.11 Å². The summed E-state index contributed by atoms with van der Waals surface area (Å²) in [6, 6.07) is 22.4. The van der Waals surface area contributed by atoms with Crippen LogP contribution in [0.5, 0.6) is 5.75 Å². The van der Waals surface area contributed by atoms with Crippen molar-refractivity contribution in [3.05, 3.63) is 83.4 Å². The summed E-state index contributed by atoms with van der Waals surface area (Å²) in [6.45, 7) is 4.89. The first-order valence-electron chi connectivity index (χ1n) is 11.2. The van der Waals surface area contributed by atoms with E-state index in [-0.39, 0.29) is 5.97 Å². The number of rotatable bonds is 6. The molecule has 0 unspecified atom stereocenters. The number of anilines is 1. The van der Waals surface area contributed by atoms with Crippen molar-refractivity contribution in [2.75, 3.05) is 51.3 Å². The Balaban J connectivity index is 1.15. The summed E-state index contributed by atoms with van der Waals surface area (Å²) in [7, 11) is 1.71. The van der Waals surface area contributed by atoms with Gasteiger partial charge in [-0.05, 0) is 46.9 Å². The smallest absolute Gasteiger partial charge is 0.338 e. The van der Waals surface area contributed by atoms with Gasteiger partial charge < -0.3 is 14.4 Å². The average molecular weight is 429 g/mol. The zero-order valence-electron chi connectivity index (χ0n) is 18.4. The minimum Gasteiger partial charge on any atom is -0.495 e. The van der Waals surface area contributed by atoms with Gasteiger partial charge in [-0.3, -0.25) is 4.90 Å². The number of nitrogens with zero attached hydrogens (tertiary/aromatic N) is 2. The molecule has 5 nitrogen and oxygen atoms in total. The lowest BCUT2D eigenvalue weighted by Gasteiger charge is -2.36. The zero-order chi connectivity index (χ0) is 21.9. The van der Waals surface area contributed by atoms with Crippen molar-refractivity contribution in [1.82, 2.24) is 4.90 Å². The number of para-hydroxylation sites is 2. The number of esters is 1. The van der Waals surface area contributed by atoms with Crippen LogP contribution in [0.4, 0.5) is 5.69 Å². The second-order valence-electron chi connectivity index (χ2n) is 8.30. The van der Waals surface area contributed by atoms with Gasteiger partial charge in [0.15, 0.2) is 0 Å². The molecule has 3 aromatic carbocycles. The first kappa shape index (κ1) is 20.6. The number of carbonyl (C=O) groups excluding carboxylic acids is 1. The first-order chi connectivity index (χ1) is 15.7. The molecular formula is C27H28N2O3. The van der Waals surface area contributed by atoms with Crippen LogP contribution >= 0.6 is 0 Å². The quantitative estimate of drug-likeness (QED) is 0.430. The summed E-state index contributed by atoms with van der Waals surface area (Å²) >= 11 is 0. The van der Waals surface area contributed by atoms with E-state index in [2.05, 4.69) is 40.1 Å². The molecular weight excluding hydrogens is 400 g/mol. The predicted octanol–water partition coefficient (Wildman–Crippen LogP) is 4.25. The lowest BCUT2D eigenvalue weighted by molar-refractivity contribution is 0.0458. The number of hydrogen-bond acceptors (Lipinski definition) is 5. The third kappa shape index (κ3) is 3.96. The number of benzene rings is 3. The van der Waals surface area contributed by atoms with Gasteiger partial charge in [0.1, 0.15) is 12.4 Å². The van der Waals surface area contributed by atoms with Crippen molar-refractivity contribution in [1.29, 1.82) is 0 Å². The highest BCUT2D eigenvalue weighted by atomic mass is 16.5. The maximum Gasteiger partial charge on any atom is 0.338 e. The Morgan fingerprint density at radius 3 is 2.47 bits per heavy atom. The van der Waals surface area contributed by atoms with Crippen LogP contribution in [-0.2, 0) is 11.2 Å². The van der Waals surface area contributed by atoms with Gasteiger partial charge in [-0.2, -0.15) is 0 Å². The van der Waals surface area contributed by atoms with Gasteiger partial charge in [-0.1, -0.05) is 48.5 Å². The summed E-state index contributed by atoms with van der Waals surface area (Å²) in [5.74, 6) is 0.690. The van der Waals surface area contributed by atoms with Gasteiger partial charge in [-0.25, -0.2) is 4.79 Å². The van der Waals surface area contributed by atoms with Crippen molar-refractivity contribution in [3.63, 3.8) is 0 Å². The van der Waals surface area contributed by atoms with E-state index in [1.165, 1.54) is 11.1 Å². The van der Waals surface area contributed by atoms with E-state index in [1.807, 2.05) is 36.4 Å². The molecule has 0 bridgehead atoms. The van der Waals surface area contributed by atoms with E-state index >= 15 is 0 Å². The fourth-order valence-corrected chi connectivity index (χ4v) is 4.80. The lowest BCUT2D eigenvalue weighted by atomic mass is 10.0. The highest BCUT2D eigenvalue weighted by molar-refractivity contribution is 5.95. The predicted molar refractivity (Wildman–Crippen MR) is 127 cm³/mol. The Bertz CT molecular complexity index is 1120. The summed E-state index contributed by atoms with van der Waals surface area (Å²) in [4.78, 5) is 17.5. The van der Waals surface area contributed by atoms with E-state index in [0.717, 1.165) is 61.7 Å². The van der Waals surface area contributed by atoms with Crippen LogP contribution in [0.3, 0.4) is 0 Å². The van der Waals surface area contributed by atoms with Crippen LogP contribution in [0.25, 0.3) is 11.1 Å². The highest BCUT2D eigenvalue weighted by Gasteiger charge is 2.24. The van der Waals surface area contributed by atoms with Crippen LogP contribution in [0.2, 0.25) is 0 Å². The summed E-state index contributed by atoms with van der Waals surface area (Å²) < 4.78 is 11.2. The van der Waals surface area contributed by atoms with Crippen molar-refractivity contribution < 1.29 is 14.3 Å². The van der Waals surface area contributed by atoms with E-state index < -0.39 is 0 Å². The number of piperazine rings is 1. The minimum atomic E-state index is -0.220. The van der Waals surface area contributed by atoms with Crippen molar-refractivity contribution in [3.8, 4) is 16.9 Å². The molecule has 32 heavy (non-hydrogen) atoms. The standard InChI is InChI=1S/C27H28N2O3/c1-31-26-12-5-4-11-25(26)29-15-13-28(14-16-29)17-18-32-27(30)23-10-6-9-22-21-8-3-2-7-20(21)19-24(22)23/h2-12H,13-19H2,1H3. The maximum atomic E-state index is 12.8. The van der Waals surface area contributed by atoms with Gasteiger partial charge in [0.25, 0.3) is 0 Å². The summed E-state index contributed by atoms with van der Waals surface area (Å²) in [5, 5.41) is 0. The monoisotopic (exact) mass is 428 g/mol. The SMILES string of the molecule is COc1ccccc1N1CCN(CCOC(=O)c2cccc3c2Cc2ccccc2-3)CC1. The van der Waals surface area contributed by atoms with Crippen LogP contribution in [0, 0.1) is 0 Å². The Morgan fingerprint density at radius 1 is 0.875 bits per heavy atom. The Hall–Kier alpha value is -3.31. The number of hydrogen-bond donors (Lipinski definition) is 0. The molecule has 3 aromatic rings. The molecule has 2 aliphatic rings. The van der Waals surface area contributed by atoms with Crippen molar-refractivity contribution >= 4 is 11.7 Å². The Labute approximate surface area is 189 Å². The Kier molecular flexibility index (Phi) is 5.82. The van der Waals surface area contributed by atoms with Crippen molar-refractivity contribution in [2.24, 2.45) is 0 Å². The zero-order valence-corrected chi connectivity index (χ0v) is 18.4.